The van der Waals surface area contributed by atoms with Crippen LogP contribution in [0.5, 0.6) is 0 Å². The standard InChI is InChI=1S/C15H32OS/c1-12(2)9-13(3,4)11-16-14(5,6)10-15(7,8)17/h12,17H,9-11H2,1-8H3. The lowest BCUT2D eigenvalue weighted by molar-refractivity contribution is -0.0666. The third kappa shape index (κ3) is 9.96. The van der Waals surface area contributed by atoms with E-state index in [-0.39, 0.29) is 15.8 Å². The van der Waals surface area contributed by atoms with Crippen molar-refractivity contribution < 1.29 is 4.74 Å². The number of hydrogen-bond acceptors (Lipinski definition) is 2. The minimum Gasteiger partial charge on any atom is -0.375 e. The topological polar surface area (TPSA) is 9.23 Å². The largest absolute Gasteiger partial charge is 0.375 e. The second-order valence-corrected chi connectivity index (χ2v) is 9.01. The van der Waals surface area contributed by atoms with E-state index in [9.17, 15) is 0 Å². The molecule has 0 unspecified atom stereocenters. The van der Waals surface area contributed by atoms with E-state index in [1.54, 1.807) is 0 Å². The minimum atomic E-state index is -0.0977. The molecule has 0 radical (unpaired) electrons. The van der Waals surface area contributed by atoms with Gasteiger partial charge in [-0.25, -0.2) is 0 Å². The summed E-state index contributed by atoms with van der Waals surface area (Å²) >= 11 is 4.59. The Morgan fingerprint density at radius 3 is 1.82 bits per heavy atom. The van der Waals surface area contributed by atoms with E-state index >= 15 is 0 Å². The lowest BCUT2D eigenvalue weighted by Crippen LogP contribution is -2.36. The molecular weight excluding hydrogens is 228 g/mol. The van der Waals surface area contributed by atoms with Gasteiger partial charge in [-0.2, -0.15) is 12.6 Å². The first-order valence-corrected chi connectivity index (χ1v) is 7.14. The summed E-state index contributed by atoms with van der Waals surface area (Å²) in [5, 5.41) is 0. The van der Waals surface area contributed by atoms with Gasteiger partial charge in [0.15, 0.2) is 0 Å². The summed E-state index contributed by atoms with van der Waals surface area (Å²) in [5.41, 5.74) is 0.158. The van der Waals surface area contributed by atoms with Crippen molar-refractivity contribution in [2.24, 2.45) is 11.3 Å². The molecule has 0 aliphatic heterocycles. The van der Waals surface area contributed by atoms with Crippen LogP contribution in [-0.4, -0.2) is 17.0 Å². The first-order valence-electron chi connectivity index (χ1n) is 6.69. The minimum absolute atomic E-state index is 0.0195. The summed E-state index contributed by atoms with van der Waals surface area (Å²) < 4.78 is 6.14. The molecule has 17 heavy (non-hydrogen) atoms. The van der Waals surface area contributed by atoms with E-state index in [0.29, 0.717) is 0 Å². The fraction of sp³-hybridized carbons (Fsp3) is 1.00. The molecule has 2 heteroatoms. The predicted octanol–water partition coefficient (Wildman–Crippen LogP) is 4.95. The van der Waals surface area contributed by atoms with E-state index in [4.69, 9.17) is 4.74 Å². The molecule has 0 saturated heterocycles. The van der Waals surface area contributed by atoms with Crippen LogP contribution in [0.1, 0.15) is 68.2 Å². The maximum Gasteiger partial charge on any atom is 0.0639 e. The van der Waals surface area contributed by atoms with E-state index in [2.05, 4.69) is 68.0 Å². The Labute approximate surface area is 114 Å². The molecule has 0 heterocycles. The summed E-state index contributed by atoms with van der Waals surface area (Å²) in [7, 11) is 0. The van der Waals surface area contributed by atoms with Crippen LogP contribution < -0.4 is 0 Å². The average Bonchev–Trinajstić information content (AvgIpc) is 1.94. The number of rotatable bonds is 7. The van der Waals surface area contributed by atoms with Gasteiger partial charge in [0.1, 0.15) is 0 Å². The second-order valence-electron chi connectivity index (χ2n) is 7.80. The summed E-state index contributed by atoms with van der Waals surface area (Å²) in [4.78, 5) is 0. The van der Waals surface area contributed by atoms with E-state index in [1.165, 1.54) is 6.42 Å². The zero-order chi connectivity index (χ0) is 13.9. The summed E-state index contributed by atoms with van der Waals surface area (Å²) in [6, 6.07) is 0. The van der Waals surface area contributed by atoms with Crippen LogP contribution in [0.4, 0.5) is 0 Å². The fourth-order valence-electron chi connectivity index (χ4n) is 2.65. The van der Waals surface area contributed by atoms with Crippen molar-refractivity contribution in [3.8, 4) is 0 Å². The molecule has 0 fully saturated rings. The zero-order valence-electron chi connectivity index (χ0n) is 13.1. The third-order valence-corrected chi connectivity index (χ3v) is 2.83. The molecule has 0 aliphatic carbocycles. The molecule has 0 amide bonds. The quantitative estimate of drug-likeness (QED) is 0.637. The van der Waals surface area contributed by atoms with E-state index in [1.807, 2.05) is 0 Å². The highest BCUT2D eigenvalue weighted by molar-refractivity contribution is 7.81. The van der Waals surface area contributed by atoms with E-state index < -0.39 is 0 Å². The number of hydrogen-bond donors (Lipinski definition) is 1. The lowest BCUT2D eigenvalue weighted by Gasteiger charge is -2.36. The van der Waals surface area contributed by atoms with Crippen LogP contribution in [0.3, 0.4) is 0 Å². The molecule has 0 atom stereocenters. The van der Waals surface area contributed by atoms with Crippen LogP contribution in [0.15, 0.2) is 0 Å². The average molecular weight is 260 g/mol. The van der Waals surface area contributed by atoms with Crippen LogP contribution in [0, 0.1) is 11.3 Å². The van der Waals surface area contributed by atoms with Gasteiger partial charge in [-0.05, 0) is 38.0 Å². The maximum absolute atomic E-state index is 6.12. The molecule has 0 aliphatic rings. The SMILES string of the molecule is CC(C)CC(C)(C)COC(C)(C)CC(C)(C)S. The van der Waals surface area contributed by atoms with Gasteiger partial charge in [0, 0.05) is 4.75 Å². The molecule has 0 saturated carbocycles. The van der Waals surface area contributed by atoms with Crippen LogP contribution >= 0.6 is 12.6 Å². The third-order valence-electron chi connectivity index (χ3n) is 2.67. The number of thiol groups is 1. The van der Waals surface area contributed by atoms with Gasteiger partial charge in [0.2, 0.25) is 0 Å². The lowest BCUT2D eigenvalue weighted by atomic mass is 9.84. The smallest absolute Gasteiger partial charge is 0.0639 e. The highest BCUT2D eigenvalue weighted by atomic mass is 32.1. The highest BCUT2D eigenvalue weighted by Crippen LogP contribution is 2.32. The monoisotopic (exact) mass is 260 g/mol. The van der Waals surface area contributed by atoms with Gasteiger partial charge in [-0.3, -0.25) is 0 Å². The highest BCUT2D eigenvalue weighted by Gasteiger charge is 2.29. The van der Waals surface area contributed by atoms with Crippen molar-refractivity contribution in [2.75, 3.05) is 6.61 Å². The van der Waals surface area contributed by atoms with Crippen LogP contribution in [0.25, 0.3) is 0 Å². The van der Waals surface area contributed by atoms with Crippen LogP contribution in [0.2, 0.25) is 0 Å². The summed E-state index contributed by atoms with van der Waals surface area (Å²) in [6.07, 6.45) is 2.16. The molecule has 0 aromatic rings. The summed E-state index contributed by atoms with van der Waals surface area (Å²) in [6.45, 7) is 18.5. The molecule has 0 N–H and O–H groups in total. The number of ether oxygens (including phenoxy) is 1. The first-order chi connectivity index (χ1) is 7.33. The van der Waals surface area contributed by atoms with Crippen molar-refractivity contribution in [1.29, 1.82) is 0 Å². The van der Waals surface area contributed by atoms with Crippen LogP contribution in [-0.2, 0) is 4.74 Å². The maximum atomic E-state index is 6.12. The van der Waals surface area contributed by atoms with Gasteiger partial charge in [0.05, 0.1) is 12.2 Å². The molecule has 0 rings (SSSR count). The molecule has 1 nitrogen and oxygen atoms in total. The molecular formula is C15H32OS. The Morgan fingerprint density at radius 2 is 1.47 bits per heavy atom. The van der Waals surface area contributed by atoms with E-state index in [0.717, 1.165) is 18.9 Å². The Hall–Kier alpha value is 0.310. The van der Waals surface area contributed by atoms with Gasteiger partial charge >= 0.3 is 0 Å². The van der Waals surface area contributed by atoms with Crippen molar-refractivity contribution in [2.45, 2.75) is 78.6 Å². The Bertz CT molecular complexity index is 224. The van der Waals surface area contributed by atoms with Gasteiger partial charge in [-0.1, -0.05) is 41.5 Å². The first kappa shape index (κ1) is 17.3. The van der Waals surface area contributed by atoms with Gasteiger partial charge < -0.3 is 4.74 Å². The normalized spacial score (nSPS) is 14.5. The van der Waals surface area contributed by atoms with Gasteiger partial charge in [0.25, 0.3) is 0 Å². The second kappa shape index (κ2) is 5.97. The fourth-order valence-corrected chi connectivity index (χ4v) is 3.03. The van der Waals surface area contributed by atoms with Crippen molar-refractivity contribution in [1.82, 2.24) is 0 Å². The summed E-state index contributed by atoms with van der Waals surface area (Å²) in [5.74, 6) is 0.720. The van der Waals surface area contributed by atoms with Crippen molar-refractivity contribution >= 4 is 12.6 Å². The Balaban J connectivity index is 4.26. The Kier molecular flexibility index (Phi) is 6.08. The van der Waals surface area contributed by atoms with Gasteiger partial charge in [-0.15, -0.1) is 0 Å². The van der Waals surface area contributed by atoms with Crippen molar-refractivity contribution in [3.05, 3.63) is 0 Å². The molecule has 0 bridgehead atoms. The predicted molar refractivity (Wildman–Crippen MR) is 80.9 cm³/mol. The molecule has 0 aromatic carbocycles. The molecule has 104 valence electrons. The Morgan fingerprint density at radius 1 is 1.00 bits per heavy atom. The zero-order valence-corrected chi connectivity index (χ0v) is 13.9. The molecule has 0 aromatic heterocycles. The van der Waals surface area contributed by atoms with Crippen molar-refractivity contribution in [3.63, 3.8) is 0 Å². The molecule has 0 spiro atoms.